The van der Waals surface area contributed by atoms with Crippen LogP contribution >= 0.6 is 0 Å². The van der Waals surface area contributed by atoms with Gasteiger partial charge in [0.05, 0.1) is 16.2 Å². The lowest BCUT2D eigenvalue weighted by Crippen LogP contribution is -2.47. The van der Waals surface area contributed by atoms with Gasteiger partial charge in [0.15, 0.2) is 0 Å². The van der Waals surface area contributed by atoms with Crippen molar-refractivity contribution in [2.24, 2.45) is 0 Å². The topological polar surface area (TPSA) is 90.8 Å². The standard InChI is InChI=1S/C26H27N3O4S/c30-25(28-16-11-26(31,12-17-28)19-20-8-13-27-14-9-20)22-5-3-6-23(18-22)34(32,33)29-15-10-21-4-1-2-7-24(21)29/h1-9,13-14,18,31H,10-12,15-17,19H2. The molecule has 1 aromatic heterocycles. The quantitative estimate of drug-likeness (QED) is 0.610. The van der Waals surface area contributed by atoms with E-state index in [9.17, 15) is 18.3 Å². The molecule has 2 aliphatic rings. The van der Waals surface area contributed by atoms with Crippen molar-refractivity contribution in [2.45, 2.75) is 36.2 Å². The summed E-state index contributed by atoms with van der Waals surface area (Å²) in [4.78, 5) is 19.0. The molecule has 0 spiro atoms. The van der Waals surface area contributed by atoms with Crippen LogP contribution in [0.3, 0.4) is 0 Å². The molecule has 1 fully saturated rings. The first-order chi connectivity index (χ1) is 16.4. The van der Waals surface area contributed by atoms with Crippen molar-refractivity contribution in [2.75, 3.05) is 23.9 Å². The maximum Gasteiger partial charge on any atom is 0.264 e. The number of para-hydroxylation sites is 1. The molecule has 0 bridgehead atoms. The van der Waals surface area contributed by atoms with Crippen LogP contribution in [0.15, 0.2) is 78.0 Å². The van der Waals surface area contributed by atoms with Crippen LogP contribution in [0, 0.1) is 0 Å². The zero-order valence-electron chi connectivity index (χ0n) is 18.8. The summed E-state index contributed by atoms with van der Waals surface area (Å²) in [5, 5.41) is 11.0. The number of likely N-dealkylation sites (tertiary alicyclic amines) is 1. The molecule has 2 aliphatic heterocycles. The van der Waals surface area contributed by atoms with E-state index >= 15 is 0 Å². The molecule has 3 aromatic rings. The number of sulfonamides is 1. The number of hydrogen-bond donors (Lipinski definition) is 1. The Hall–Kier alpha value is -3.23. The summed E-state index contributed by atoms with van der Waals surface area (Å²) in [5.41, 5.74) is 2.19. The van der Waals surface area contributed by atoms with E-state index in [0.29, 0.717) is 56.6 Å². The predicted octanol–water partition coefficient (Wildman–Crippen LogP) is 3.04. The molecule has 7 nitrogen and oxygen atoms in total. The highest BCUT2D eigenvalue weighted by atomic mass is 32.2. The highest BCUT2D eigenvalue weighted by Crippen LogP contribution is 2.33. The molecule has 1 amide bonds. The van der Waals surface area contributed by atoms with E-state index in [2.05, 4.69) is 4.98 Å². The largest absolute Gasteiger partial charge is 0.389 e. The number of benzene rings is 2. The number of rotatable bonds is 5. The molecule has 8 heteroatoms. The summed E-state index contributed by atoms with van der Waals surface area (Å²) < 4.78 is 28.2. The Morgan fingerprint density at radius 1 is 0.971 bits per heavy atom. The van der Waals surface area contributed by atoms with Gasteiger partial charge in [0.25, 0.3) is 15.9 Å². The highest BCUT2D eigenvalue weighted by molar-refractivity contribution is 7.92. The summed E-state index contributed by atoms with van der Waals surface area (Å²) in [5.74, 6) is -0.218. The molecule has 1 N–H and O–H groups in total. The fourth-order valence-corrected chi connectivity index (χ4v) is 6.39. The number of hydrogen-bond acceptors (Lipinski definition) is 5. The van der Waals surface area contributed by atoms with Crippen molar-refractivity contribution in [3.63, 3.8) is 0 Å². The molecule has 5 rings (SSSR count). The van der Waals surface area contributed by atoms with Crippen molar-refractivity contribution < 1.29 is 18.3 Å². The number of fused-ring (bicyclic) bond motifs is 1. The molecule has 2 aromatic carbocycles. The summed E-state index contributed by atoms with van der Waals surface area (Å²) in [6, 6.07) is 17.5. The minimum Gasteiger partial charge on any atom is -0.389 e. The van der Waals surface area contributed by atoms with E-state index in [4.69, 9.17) is 0 Å². The number of pyridine rings is 1. The second kappa shape index (κ2) is 8.85. The van der Waals surface area contributed by atoms with Crippen molar-refractivity contribution in [1.82, 2.24) is 9.88 Å². The Bertz CT molecular complexity index is 1300. The molecule has 0 saturated carbocycles. The number of aromatic nitrogens is 1. The fourth-order valence-electron chi connectivity index (χ4n) is 4.84. The average Bonchev–Trinajstić information content (AvgIpc) is 3.30. The van der Waals surface area contributed by atoms with Crippen molar-refractivity contribution in [1.29, 1.82) is 0 Å². The molecular weight excluding hydrogens is 450 g/mol. The Labute approximate surface area is 199 Å². The number of amides is 1. The number of nitrogens with zero attached hydrogens (tertiary/aromatic N) is 3. The Kier molecular flexibility index (Phi) is 5.87. The minimum atomic E-state index is -3.77. The zero-order valence-corrected chi connectivity index (χ0v) is 19.6. The normalized spacial score (nSPS) is 17.4. The maximum absolute atomic E-state index is 13.4. The van der Waals surface area contributed by atoms with E-state index in [0.717, 1.165) is 11.1 Å². The van der Waals surface area contributed by atoms with Crippen LogP contribution in [-0.4, -0.2) is 54.6 Å². The Morgan fingerprint density at radius 2 is 1.71 bits per heavy atom. The number of carbonyl (C=O) groups excluding carboxylic acids is 1. The van der Waals surface area contributed by atoms with Gasteiger partial charge in [-0.1, -0.05) is 24.3 Å². The molecule has 0 aliphatic carbocycles. The van der Waals surface area contributed by atoms with Crippen LogP contribution in [0.4, 0.5) is 5.69 Å². The average molecular weight is 478 g/mol. The van der Waals surface area contributed by atoms with Gasteiger partial charge >= 0.3 is 0 Å². The monoisotopic (exact) mass is 477 g/mol. The first-order valence-corrected chi connectivity index (χ1v) is 12.9. The van der Waals surface area contributed by atoms with E-state index in [1.165, 1.54) is 16.4 Å². The zero-order chi connectivity index (χ0) is 23.8. The molecule has 0 atom stereocenters. The lowest BCUT2D eigenvalue weighted by molar-refractivity contribution is -0.0162. The summed E-state index contributed by atoms with van der Waals surface area (Å²) in [6.07, 6.45) is 5.53. The van der Waals surface area contributed by atoms with E-state index in [-0.39, 0.29) is 10.8 Å². The van der Waals surface area contributed by atoms with Crippen LogP contribution < -0.4 is 4.31 Å². The van der Waals surface area contributed by atoms with Crippen LogP contribution in [0.2, 0.25) is 0 Å². The van der Waals surface area contributed by atoms with Gasteiger partial charge in [-0.05, 0) is 66.8 Å². The smallest absolute Gasteiger partial charge is 0.264 e. The van der Waals surface area contributed by atoms with Crippen LogP contribution in [0.5, 0.6) is 0 Å². The van der Waals surface area contributed by atoms with Gasteiger partial charge in [0, 0.05) is 44.0 Å². The van der Waals surface area contributed by atoms with E-state index < -0.39 is 15.6 Å². The third kappa shape index (κ3) is 4.31. The van der Waals surface area contributed by atoms with E-state index in [1.54, 1.807) is 29.4 Å². The van der Waals surface area contributed by atoms with Crippen LogP contribution in [0.25, 0.3) is 0 Å². The van der Waals surface area contributed by atoms with Gasteiger partial charge in [-0.25, -0.2) is 8.42 Å². The molecule has 34 heavy (non-hydrogen) atoms. The number of piperidine rings is 1. The second-order valence-corrected chi connectivity index (χ2v) is 10.9. The van der Waals surface area contributed by atoms with Gasteiger partial charge in [-0.15, -0.1) is 0 Å². The molecular formula is C26H27N3O4S. The predicted molar refractivity (Wildman–Crippen MR) is 129 cm³/mol. The SMILES string of the molecule is O=C(c1cccc(S(=O)(=O)N2CCc3ccccc32)c1)N1CCC(O)(Cc2ccncc2)CC1. The first-order valence-electron chi connectivity index (χ1n) is 11.5. The Morgan fingerprint density at radius 3 is 2.47 bits per heavy atom. The fraction of sp³-hybridized carbons (Fsp3) is 0.308. The second-order valence-electron chi connectivity index (χ2n) is 9.03. The summed E-state index contributed by atoms with van der Waals surface area (Å²) in [7, 11) is -3.77. The third-order valence-electron chi connectivity index (χ3n) is 6.78. The number of carbonyl (C=O) groups is 1. The van der Waals surface area contributed by atoms with Gasteiger partial charge in [0.2, 0.25) is 0 Å². The van der Waals surface area contributed by atoms with Crippen LogP contribution in [-0.2, 0) is 22.9 Å². The van der Waals surface area contributed by atoms with Gasteiger partial charge in [0.1, 0.15) is 0 Å². The van der Waals surface area contributed by atoms with Gasteiger partial charge < -0.3 is 10.0 Å². The third-order valence-corrected chi connectivity index (χ3v) is 8.59. The number of anilines is 1. The lowest BCUT2D eigenvalue weighted by Gasteiger charge is -2.38. The molecule has 0 radical (unpaired) electrons. The number of aliphatic hydroxyl groups is 1. The van der Waals surface area contributed by atoms with Crippen molar-refractivity contribution in [3.8, 4) is 0 Å². The molecule has 0 unspecified atom stereocenters. The molecule has 176 valence electrons. The van der Waals surface area contributed by atoms with E-state index in [1.807, 2.05) is 36.4 Å². The van der Waals surface area contributed by atoms with Crippen LogP contribution in [0.1, 0.15) is 34.3 Å². The maximum atomic E-state index is 13.4. The summed E-state index contributed by atoms with van der Waals surface area (Å²) >= 11 is 0. The van der Waals surface area contributed by atoms with Gasteiger partial charge in [-0.2, -0.15) is 0 Å². The molecule has 1 saturated heterocycles. The summed E-state index contributed by atoms with van der Waals surface area (Å²) in [6.45, 7) is 1.22. The lowest BCUT2D eigenvalue weighted by atomic mass is 9.85. The van der Waals surface area contributed by atoms with Crippen molar-refractivity contribution in [3.05, 3.63) is 89.7 Å². The highest BCUT2D eigenvalue weighted by Gasteiger charge is 2.35. The first kappa shape index (κ1) is 22.6. The Balaban J connectivity index is 1.30. The molecule has 3 heterocycles. The minimum absolute atomic E-state index is 0.112. The van der Waals surface area contributed by atoms with Crippen molar-refractivity contribution >= 4 is 21.6 Å². The van der Waals surface area contributed by atoms with Gasteiger partial charge in [-0.3, -0.25) is 14.1 Å².